The summed E-state index contributed by atoms with van der Waals surface area (Å²) in [5.74, 6) is 2.50. The molecule has 1 aliphatic heterocycles. The molecular weight excluding hydrogens is 511 g/mol. The summed E-state index contributed by atoms with van der Waals surface area (Å²) >= 11 is 0. The van der Waals surface area contributed by atoms with E-state index in [9.17, 15) is 0 Å². The molecule has 2 atom stereocenters. The zero-order valence-corrected chi connectivity index (χ0v) is 22.5. The summed E-state index contributed by atoms with van der Waals surface area (Å²) < 4.78 is 41.0. The first-order valence-electron chi connectivity index (χ1n) is 11.3. The van der Waals surface area contributed by atoms with Gasteiger partial charge in [-0.2, -0.15) is 4.52 Å². The van der Waals surface area contributed by atoms with E-state index in [1.165, 1.54) is 0 Å². The lowest BCUT2D eigenvalue weighted by molar-refractivity contribution is 0.475. The summed E-state index contributed by atoms with van der Waals surface area (Å²) in [5.41, 5.74) is 0. The Morgan fingerprint density at radius 2 is 0.694 bits per heavy atom. The SMILES string of the molecule is CP1(Oc2ccccc2)=NP(C)(Oc2ccccc2)=NP(Oc2ccccc2)(Oc2ccccc2)=N1. The van der Waals surface area contributed by atoms with Gasteiger partial charge in [-0.05, 0) is 48.5 Å². The van der Waals surface area contributed by atoms with Crippen molar-refractivity contribution in [2.75, 3.05) is 13.3 Å². The highest BCUT2D eigenvalue weighted by Gasteiger charge is 2.40. The van der Waals surface area contributed by atoms with E-state index < -0.39 is 22.5 Å². The van der Waals surface area contributed by atoms with E-state index in [0.29, 0.717) is 23.0 Å². The first kappa shape index (κ1) is 24.5. The van der Waals surface area contributed by atoms with Crippen molar-refractivity contribution in [3.8, 4) is 23.0 Å². The Labute approximate surface area is 211 Å². The van der Waals surface area contributed by atoms with Crippen LogP contribution >= 0.6 is 22.5 Å². The van der Waals surface area contributed by atoms with Gasteiger partial charge in [0.25, 0.3) is 14.9 Å². The van der Waals surface area contributed by atoms with Crippen molar-refractivity contribution in [2.45, 2.75) is 0 Å². The van der Waals surface area contributed by atoms with Gasteiger partial charge in [0.15, 0.2) is 0 Å². The highest BCUT2D eigenvalue weighted by Crippen LogP contribution is 2.76. The predicted molar refractivity (Wildman–Crippen MR) is 148 cm³/mol. The van der Waals surface area contributed by atoms with Crippen molar-refractivity contribution in [1.82, 2.24) is 0 Å². The second-order valence-corrected chi connectivity index (χ2v) is 15.2. The molecule has 0 spiro atoms. The van der Waals surface area contributed by atoms with Crippen LogP contribution in [0.25, 0.3) is 0 Å². The molecule has 2 unspecified atom stereocenters. The molecule has 0 bridgehead atoms. The van der Waals surface area contributed by atoms with Crippen LogP contribution in [0.5, 0.6) is 23.0 Å². The Morgan fingerprint density at radius 1 is 0.389 bits per heavy atom. The van der Waals surface area contributed by atoms with Crippen molar-refractivity contribution in [2.24, 2.45) is 13.5 Å². The lowest BCUT2D eigenvalue weighted by Gasteiger charge is -2.32. The van der Waals surface area contributed by atoms with E-state index in [2.05, 4.69) is 0 Å². The normalized spacial score (nSPS) is 22.2. The van der Waals surface area contributed by atoms with E-state index in [0.717, 1.165) is 0 Å². The van der Waals surface area contributed by atoms with Crippen LogP contribution in [0, 0.1) is 0 Å². The summed E-state index contributed by atoms with van der Waals surface area (Å²) in [7, 11) is -9.06. The summed E-state index contributed by atoms with van der Waals surface area (Å²) in [6.07, 6.45) is 0. The molecule has 0 saturated carbocycles. The maximum Gasteiger partial charge on any atom is 0.455 e. The Kier molecular flexibility index (Phi) is 7.07. The van der Waals surface area contributed by atoms with Crippen molar-refractivity contribution in [1.29, 1.82) is 0 Å². The molecule has 1 aliphatic rings. The van der Waals surface area contributed by atoms with Crippen LogP contribution < -0.4 is 18.1 Å². The number of nitrogens with zero attached hydrogens (tertiary/aromatic N) is 3. The van der Waals surface area contributed by atoms with Crippen LogP contribution in [0.1, 0.15) is 0 Å². The third-order valence-corrected chi connectivity index (χ3v) is 14.0. The summed E-state index contributed by atoms with van der Waals surface area (Å²) in [6.45, 7) is 3.78. The van der Waals surface area contributed by atoms with Crippen LogP contribution in [0.3, 0.4) is 0 Å². The second-order valence-electron chi connectivity index (χ2n) is 8.05. The molecule has 10 heteroatoms. The molecule has 7 nitrogen and oxygen atoms in total. The summed E-state index contributed by atoms with van der Waals surface area (Å²) in [6, 6.07) is 37.9. The number of rotatable bonds is 8. The zero-order chi connectivity index (χ0) is 24.9. The third kappa shape index (κ3) is 6.12. The molecule has 0 aliphatic carbocycles. The van der Waals surface area contributed by atoms with E-state index in [4.69, 9.17) is 31.6 Å². The Bertz CT molecular complexity index is 1390. The number of hydrogen-bond acceptors (Lipinski definition) is 7. The van der Waals surface area contributed by atoms with Gasteiger partial charge >= 0.3 is 7.66 Å². The van der Waals surface area contributed by atoms with E-state index in [1.54, 1.807) is 0 Å². The maximum atomic E-state index is 6.50. The number of benzene rings is 4. The fourth-order valence-corrected chi connectivity index (χ4v) is 13.8. The standard InChI is InChI=1S/C26H26N3O4P3/c1-34(30-23-15-7-3-8-16-23)27-35(2,31-24-17-9-4-10-18-24)29-36(28-34,32-25-19-11-5-12-20-25)33-26-21-13-6-14-22-26/h3-22H,1-2H3. The summed E-state index contributed by atoms with van der Waals surface area (Å²) in [5, 5.41) is 0. The fourth-order valence-electron chi connectivity index (χ4n) is 3.55. The van der Waals surface area contributed by atoms with Crippen LogP contribution in [0.2, 0.25) is 0 Å². The summed E-state index contributed by atoms with van der Waals surface area (Å²) in [4.78, 5) is 0. The van der Waals surface area contributed by atoms with Crippen LogP contribution in [0.4, 0.5) is 0 Å². The molecule has 0 N–H and O–H groups in total. The fraction of sp³-hybridized carbons (Fsp3) is 0.0769. The monoisotopic (exact) mass is 537 g/mol. The first-order chi connectivity index (χ1) is 17.4. The zero-order valence-electron chi connectivity index (χ0n) is 19.9. The quantitative estimate of drug-likeness (QED) is 0.210. The second kappa shape index (κ2) is 10.4. The minimum atomic E-state index is -3.35. The molecule has 5 rings (SSSR count). The highest BCUT2D eigenvalue weighted by molar-refractivity contribution is 7.81. The molecule has 0 fully saturated rings. The predicted octanol–water partition coefficient (Wildman–Crippen LogP) is 9.58. The van der Waals surface area contributed by atoms with Gasteiger partial charge in [-0.15, -0.1) is 9.03 Å². The van der Waals surface area contributed by atoms with Gasteiger partial charge in [0.2, 0.25) is 0 Å². The lowest BCUT2D eigenvalue weighted by Crippen LogP contribution is -2.05. The Hall–Kier alpha value is -3.23. The van der Waals surface area contributed by atoms with Crippen LogP contribution in [-0.4, -0.2) is 13.3 Å². The van der Waals surface area contributed by atoms with Gasteiger partial charge in [-0.1, -0.05) is 72.8 Å². The van der Waals surface area contributed by atoms with Gasteiger partial charge in [0, 0.05) is 13.3 Å². The van der Waals surface area contributed by atoms with Gasteiger partial charge in [-0.25, -0.2) is 0 Å². The topological polar surface area (TPSA) is 74.0 Å². The molecule has 4 aromatic carbocycles. The first-order valence-corrected chi connectivity index (χ1v) is 16.9. The minimum Gasteiger partial charge on any atom is -0.441 e. The molecule has 0 amide bonds. The van der Waals surface area contributed by atoms with Gasteiger partial charge in [0.1, 0.15) is 23.0 Å². The molecule has 184 valence electrons. The van der Waals surface area contributed by atoms with Crippen LogP contribution in [0.15, 0.2) is 135 Å². The van der Waals surface area contributed by atoms with Crippen molar-refractivity contribution in [3.63, 3.8) is 0 Å². The number of para-hydroxylation sites is 4. The Balaban J connectivity index is 1.70. The highest BCUT2D eigenvalue weighted by atomic mass is 31.3. The van der Waals surface area contributed by atoms with Crippen LogP contribution in [-0.2, 0) is 0 Å². The van der Waals surface area contributed by atoms with Gasteiger partial charge < -0.3 is 18.1 Å². The molecular formula is C26H26N3O4P3. The van der Waals surface area contributed by atoms with Crippen molar-refractivity contribution in [3.05, 3.63) is 121 Å². The average Bonchev–Trinajstić information content (AvgIpc) is 2.85. The average molecular weight is 537 g/mol. The van der Waals surface area contributed by atoms with E-state index in [1.807, 2.05) is 135 Å². The van der Waals surface area contributed by atoms with Gasteiger partial charge in [0.05, 0.1) is 0 Å². The molecule has 4 aromatic rings. The minimum absolute atomic E-state index is 0.591. The van der Waals surface area contributed by atoms with Gasteiger partial charge in [-0.3, -0.25) is 0 Å². The molecule has 0 aromatic heterocycles. The van der Waals surface area contributed by atoms with E-state index >= 15 is 0 Å². The Morgan fingerprint density at radius 3 is 1.06 bits per heavy atom. The van der Waals surface area contributed by atoms with Crippen molar-refractivity contribution < 1.29 is 18.1 Å². The maximum absolute atomic E-state index is 6.50. The molecule has 1 heterocycles. The van der Waals surface area contributed by atoms with Crippen molar-refractivity contribution >= 4 is 22.5 Å². The molecule has 36 heavy (non-hydrogen) atoms. The molecule has 0 saturated heterocycles. The van der Waals surface area contributed by atoms with E-state index in [-0.39, 0.29) is 0 Å². The smallest absolute Gasteiger partial charge is 0.441 e. The molecule has 0 radical (unpaired) electrons. The lowest BCUT2D eigenvalue weighted by atomic mass is 10.3. The third-order valence-electron chi connectivity index (χ3n) is 4.87. The largest absolute Gasteiger partial charge is 0.455 e. The number of hydrogen-bond donors (Lipinski definition) is 0.